The molecular weight excluding hydrogens is 755 g/mol. The molecule has 3 N–H and O–H groups in total. The molecule has 324 valence electrons. The average molecular weight is 821 g/mol. The Bertz CT molecular complexity index is 1870. The number of hydrogen-bond acceptors (Lipinski definition) is 6. The smallest absolute Gasteiger partial charge is 0.315 e. The Hall–Kier alpha value is -4.39. The molecule has 59 heavy (non-hydrogen) atoms. The van der Waals surface area contributed by atoms with Crippen molar-refractivity contribution in [3.05, 3.63) is 58.7 Å². The second-order valence-corrected chi connectivity index (χ2v) is 18.2. The fourth-order valence-electron chi connectivity index (χ4n) is 9.56. The Balaban J connectivity index is 0.000000227. The highest BCUT2D eigenvalue weighted by molar-refractivity contribution is 6.10. The van der Waals surface area contributed by atoms with Gasteiger partial charge in [-0.15, -0.1) is 0 Å². The first-order valence-electron chi connectivity index (χ1n) is 21.7. The average Bonchev–Trinajstić information content (AvgIpc) is 3.51. The fraction of sp³-hybridized carbons (Fsp3) is 0.630. The molecule has 2 aromatic carbocycles. The molecule has 11 nitrogen and oxygen atoms in total. The van der Waals surface area contributed by atoms with Crippen LogP contribution in [-0.2, 0) is 25.2 Å². The lowest BCUT2D eigenvalue weighted by molar-refractivity contribution is -0.131. The van der Waals surface area contributed by atoms with Crippen molar-refractivity contribution >= 4 is 40.9 Å². The molecule has 2 aliphatic carbocycles. The predicted octanol–water partition coefficient (Wildman–Crippen LogP) is 7.33. The van der Waals surface area contributed by atoms with Crippen LogP contribution in [0.15, 0.2) is 36.4 Å². The molecule has 0 bridgehead atoms. The predicted molar refractivity (Wildman–Crippen MR) is 228 cm³/mol. The zero-order valence-electron chi connectivity index (χ0n) is 36.4. The molecule has 2 aliphatic heterocycles. The van der Waals surface area contributed by atoms with Gasteiger partial charge in [0.15, 0.2) is 0 Å². The number of nitrogens with one attached hydrogen (secondary N) is 1. The number of fused-ring (bicyclic) bond motifs is 2. The van der Waals surface area contributed by atoms with Gasteiger partial charge in [-0.3, -0.25) is 24.0 Å². The van der Waals surface area contributed by atoms with E-state index in [0.29, 0.717) is 35.9 Å². The third-order valence-electron chi connectivity index (χ3n) is 12.7. The molecule has 13 heteroatoms. The van der Waals surface area contributed by atoms with Crippen molar-refractivity contribution in [2.45, 2.75) is 161 Å². The Labute approximate surface area is 349 Å². The zero-order valence-corrected chi connectivity index (χ0v) is 36.4. The molecule has 4 aliphatic rings. The van der Waals surface area contributed by atoms with Gasteiger partial charge in [-0.2, -0.15) is 8.78 Å². The van der Waals surface area contributed by atoms with Gasteiger partial charge in [-0.05, 0) is 116 Å². The topological polar surface area (TPSA) is 136 Å². The van der Waals surface area contributed by atoms with E-state index in [4.69, 9.17) is 5.73 Å². The summed E-state index contributed by atoms with van der Waals surface area (Å²) in [6.45, 7) is 16.5. The monoisotopic (exact) mass is 821 g/mol. The van der Waals surface area contributed by atoms with Crippen molar-refractivity contribution in [3.8, 4) is 0 Å². The van der Waals surface area contributed by atoms with Crippen LogP contribution in [0, 0.1) is 0 Å². The molecule has 6 rings (SSSR count). The first-order valence-corrected chi connectivity index (χ1v) is 21.7. The number of carbonyl (C=O) groups excluding carboxylic acids is 5. The molecule has 0 saturated heterocycles. The number of benzene rings is 2. The summed E-state index contributed by atoms with van der Waals surface area (Å²) in [5, 5.41) is 2.14. The molecule has 0 aromatic heterocycles. The lowest BCUT2D eigenvalue weighted by Gasteiger charge is -2.37. The molecule has 0 unspecified atom stereocenters. The summed E-state index contributed by atoms with van der Waals surface area (Å²) in [6.07, 6.45) is 8.14. The minimum Gasteiger partial charge on any atom is -0.349 e. The zero-order chi connectivity index (χ0) is 43.4. The number of alkyl halides is 2. The normalized spacial score (nSPS) is 18.8. The third kappa shape index (κ3) is 9.50. The van der Waals surface area contributed by atoms with E-state index in [1.807, 2.05) is 56.9 Å². The molecule has 0 spiro atoms. The van der Waals surface area contributed by atoms with Crippen molar-refractivity contribution in [3.63, 3.8) is 0 Å². The van der Waals surface area contributed by atoms with E-state index in [9.17, 15) is 32.8 Å². The summed E-state index contributed by atoms with van der Waals surface area (Å²) >= 11 is 0. The molecule has 5 amide bonds. The van der Waals surface area contributed by atoms with Gasteiger partial charge in [0.2, 0.25) is 11.8 Å². The second kappa shape index (κ2) is 18.9. The van der Waals surface area contributed by atoms with Gasteiger partial charge in [0.1, 0.15) is 0 Å². The van der Waals surface area contributed by atoms with Crippen LogP contribution in [0.3, 0.4) is 0 Å². The second-order valence-electron chi connectivity index (χ2n) is 18.2. The van der Waals surface area contributed by atoms with Crippen molar-refractivity contribution in [2.75, 3.05) is 36.0 Å². The van der Waals surface area contributed by atoms with Crippen LogP contribution in [0.2, 0.25) is 0 Å². The number of halogens is 2. The standard InChI is InChI=1S/C24H33F2N3O3.C22H33N3O2/c1-15(2)29(17-8-6-5-7-9-17)22(31)16-10-11-18-19(14-16)28(23(32)24(18,3)4)13-12-27-21(30)20(25)26;1-15(2)25(17-8-6-5-7-9-17)20(26)16-10-11-18-19(14-16)24(13-12-23)21(27)22(18,3)4/h10-11,14-15,17,20H,5-9,12-13H2,1-4H3,(H,27,30);10-11,14-15,17H,5-9,12-13,23H2,1-4H3. The number of nitrogens with zero attached hydrogens (tertiary/aromatic N) is 4. The number of hydrogen-bond donors (Lipinski definition) is 2. The fourth-order valence-corrected chi connectivity index (χ4v) is 9.56. The van der Waals surface area contributed by atoms with E-state index in [-0.39, 0.29) is 54.8 Å². The summed E-state index contributed by atoms with van der Waals surface area (Å²) < 4.78 is 24.9. The number of anilines is 2. The van der Waals surface area contributed by atoms with Gasteiger partial charge in [0, 0.05) is 72.8 Å². The van der Waals surface area contributed by atoms with Crippen molar-refractivity contribution in [1.29, 1.82) is 0 Å². The largest absolute Gasteiger partial charge is 0.349 e. The van der Waals surface area contributed by atoms with Crippen LogP contribution in [0.25, 0.3) is 0 Å². The quantitative estimate of drug-likeness (QED) is 0.230. The van der Waals surface area contributed by atoms with Gasteiger partial charge in [-0.1, -0.05) is 50.7 Å². The minimum absolute atomic E-state index is 0.0533. The van der Waals surface area contributed by atoms with Crippen LogP contribution in [0.1, 0.15) is 151 Å². The molecular formula is C46H66F2N6O5. The van der Waals surface area contributed by atoms with Gasteiger partial charge in [0.05, 0.1) is 10.8 Å². The maximum Gasteiger partial charge on any atom is 0.315 e. The van der Waals surface area contributed by atoms with Crippen LogP contribution in [0.5, 0.6) is 0 Å². The molecule has 2 saturated carbocycles. The van der Waals surface area contributed by atoms with E-state index in [2.05, 4.69) is 24.1 Å². The van der Waals surface area contributed by atoms with Crippen LogP contribution < -0.4 is 20.9 Å². The van der Waals surface area contributed by atoms with Gasteiger partial charge < -0.3 is 30.7 Å². The van der Waals surface area contributed by atoms with Crippen molar-refractivity contribution in [2.24, 2.45) is 5.73 Å². The summed E-state index contributed by atoms with van der Waals surface area (Å²) in [5.41, 5.74) is 8.74. The van der Waals surface area contributed by atoms with Crippen LogP contribution in [0.4, 0.5) is 20.2 Å². The number of rotatable bonds is 12. The van der Waals surface area contributed by atoms with E-state index in [1.165, 1.54) is 30.6 Å². The summed E-state index contributed by atoms with van der Waals surface area (Å²) in [5.74, 6) is -1.47. The Morgan fingerprint density at radius 1 is 0.695 bits per heavy atom. The van der Waals surface area contributed by atoms with Gasteiger partial charge >= 0.3 is 6.43 Å². The summed E-state index contributed by atoms with van der Waals surface area (Å²) in [4.78, 5) is 71.2. The highest BCUT2D eigenvalue weighted by atomic mass is 19.3. The lowest BCUT2D eigenvalue weighted by Crippen LogP contribution is -2.45. The van der Waals surface area contributed by atoms with Crippen molar-refractivity contribution < 1.29 is 32.8 Å². The highest BCUT2D eigenvalue weighted by Gasteiger charge is 2.45. The molecule has 0 atom stereocenters. The SMILES string of the molecule is CC(C)N(C(=O)c1ccc2c(c1)N(CCN)C(=O)C2(C)C)C1CCCCC1.CC(C)N(C(=O)c1ccc2c(c1)N(CCNC(=O)C(F)F)C(=O)C2(C)C)C1CCCCC1. The minimum atomic E-state index is -3.10. The van der Waals surface area contributed by atoms with Gasteiger partial charge in [0.25, 0.3) is 17.7 Å². The molecule has 2 fully saturated rings. The number of amides is 5. The lowest BCUT2D eigenvalue weighted by atomic mass is 9.85. The van der Waals surface area contributed by atoms with E-state index in [1.54, 1.807) is 30.9 Å². The van der Waals surface area contributed by atoms with Crippen LogP contribution >= 0.6 is 0 Å². The maximum atomic E-state index is 13.5. The summed E-state index contributed by atoms with van der Waals surface area (Å²) in [7, 11) is 0. The van der Waals surface area contributed by atoms with Crippen molar-refractivity contribution in [1.82, 2.24) is 15.1 Å². The number of nitrogens with two attached hydrogens (primary N) is 1. The third-order valence-corrected chi connectivity index (χ3v) is 12.7. The number of carbonyl (C=O) groups is 5. The molecule has 2 heterocycles. The van der Waals surface area contributed by atoms with Crippen LogP contribution in [-0.4, -0.2) is 96.1 Å². The van der Waals surface area contributed by atoms with Gasteiger partial charge in [-0.25, -0.2) is 0 Å². The Morgan fingerprint density at radius 2 is 1.08 bits per heavy atom. The Kier molecular flexibility index (Phi) is 14.6. The highest BCUT2D eigenvalue weighted by Crippen LogP contribution is 2.43. The Morgan fingerprint density at radius 3 is 1.44 bits per heavy atom. The van der Waals surface area contributed by atoms with E-state index < -0.39 is 23.2 Å². The molecule has 2 aromatic rings. The molecule has 0 radical (unpaired) electrons. The summed E-state index contributed by atoms with van der Waals surface area (Å²) in [6, 6.07) is 11.8. The first-order chi connectivity index (χ1) is 27.8. The maximum absolute atomic E-state index is 13.5. The van der Waals surface area contributed by atoms with E-state index in [0.717, 1.165) is 55.3 Å². The van der Waals surface area contributed by atoms with E-state index >= 15 is 0 Å². The first kappa shape index (κ1) is 45.7.